The maximum absolute atomic E-state index is 11.4. The zero-order valence-corrected chi connectivity index (χ0v) is 10.9. The van der Waals surface area contributed by atoms with Crippen LogP contribution in [0, 0.1) is 13.8 Å². The van der Waals surface area contributed by atoms with E-state index >= 15 is 0 Å². The molecule has 0 aromatic heterocycles. The van der Waals surface area contributed by atoms with E-state index in [4.69, 9.17) is 4.74 Å². The molecule has 0 saturated heterocycles. The average molecular weight is 236 g/mol. The van der Waals surface area contributed by atoms with Gasteiger partial charge in [0.15, 0.2) is 0 Å². The molecule has 4 nitrogen and oxygen atoms in total. The fourth-order valence-electron chi connectivity index (χ4n) is 1.44. The summed E-state index contributed by atoms with van der Waals surface area (Å²) in [5.41, 5.74) is 4.99. The van der Waals surface area contributed by atoms with Crippen LogP contribution in [0.4, 0.5) is 0 Å². The minimum absolute atomic E-state index is 0.0414. The number of carbonyl (C=O) groups excluding carboxylic acids is 1. The molecule has 17 heavy (non-hydrogen) atoms. The van der Waals surface area contributed by atoms with Gasteiger partial charge in [-0.1, -0.05) is 12.1 Å². The van der Waals surface area contributed by atoms with Gasteiger partial charge >= 0.3 is 0 Å². The van der Waals surface area contributed by atoms with Gasteiger partial charge in [-0.2, -0.15) is 0 Å². The summed E-state index contributed by atoms with van der Waals surface area (Å²) in [6, 6.07) is 5.92. The minimum Gasteiger partial charge on any atom is -0.493 e. The molecule has 1 amide bonds. The Morgan fingerprint density at radius 3 is 2.71 bits per heavy atom. The maximum atomic E-state index is 11.4. The zero-order chi connectivity index (χ0) is 12.8. The molecule has 0 atom stereocenters. The van der Waals surface area contributed by atoms with Gasteiger partial charge in [0.05, 0.1) is 13.0 Å². The van der Waals surface area contributed by atoms with Crippen molar-refractivity contribution in [3.63, 3.8) is 0 Å². The summed E-state index contributed by atoms with van der Waals surface area (Å²) in [5.74, 6) is 0.808. The first kappa shape index (κ1) is 13.5. The van der Waals surface area contributed by atoms with Crippen LogP contribution in [0.2, 0.25) is 0 Å². The Morgan fingerprint density at radius 2 is 2.06 bits per heavy atom. The van der Waals surface area contributed by atoms with Crippen molar-refractivity contribution in [2.45, 2.75) is 20.3 Å². The second-order valence-corrected chi connectivity index (χ2v) is 4.23. The molecule has 94 valence electrons. The summed E-state index contributed by atoms with van der Waals surface area (Å²) in [6.45, 7) is 4.45. The number of amides is 1. The molecule has 1 N–H and O–H groups in total. The molecular formula is C13H20N2O2. The van der Waals surface area contributed by atoms with Crippen molar-refractivity contribution in [3.8, 4) is 5.75 Å². The standard InChI is InChI=1S/C13H20N2O2/c1-10-6-5-7-12(11(10)2)17-9-8-13(16)14-15(3)4/h5-7H,8-9H2,1-4H3,(H,14,16). The second-order valence-electron chi connectivity index (χ2n) is 4.23. The van der Waals surface area contributed by atoms with E-state index in [1.165, 1.54) is 5.56 Å². The Kier molecular flexibility index (Phi) is 4.97. The highest BCUT2D eigenvalue weighted by atomic mass is 16.5. The second kappa shape index (κ2) is 6.25. The number of nitrogens with zero attached hydrogens (tertiary/aromatic N) is 1. The van der Waals surface area contributed by atoms with E-state index in [9.17, 15) is 4.79 Å². The number of nitrogens with one attached hydrogen (secondary N) is 1. The Labute approximate surface area is 103 Å². The molecule has 1 aromatic rings. The van der Waals surface area contributed by atoms with Crippen molar-refractivity contribution in [1.82, 2.24) is 10.4 Å². The third kappa shape index (κ3) is 4.44. The summed E-state index contributed by atoms with van der Waals surface area (Å²) in [7, 11) is 3.56. The number of hydrogen-bond acceptors (Lipinski definition) is 3. The van der Waals surface area contributed by atoms with Gasteiger partial charge in [-0.05, 0) is 31.0 Å². The molecule has 0 unspecified atom stereocenters. The lowest BCUT2D eigenvalue weighted by atomic mass is 10.1. The van der Waals surface area contributed by atoms with Gasteiger partial charge in [0.2, 0.25) is 5.91 Å². The highest BCUT2D eigenvalue weighted by Crippen LogP contribution is 2.20. The summed E-state index contributed by atoms with van der Waals surface area (Å²) in [6.07, 6.45) is 0.353. The number of rotatable bonds is 5. The van der Waals surface area contributed by atoms with Gasteiger partial charge in [0.1, 0.15) is 5.75 Å². The quantitative estimate of drug-likeness (QED) is 0.791. The van der Waals surface area contributed by atoms with Gasteiger partial charge in [-0.15, -0.1) is 0 Å². The monoisotopic (exact) mass is 236 g/mol. The van der Waals surface area contributed by atoms with Crippen LogP contribution in [0.1, 0.15) is 17.5 Å². The molecule has 4 heteroatoms. The summed E-state index contributed by atoms with van der Waals surface area (Å²) < 4.78 is 5.59. The van der Waals surface area contributed by atoms with Crippen LogP contribution in [-0.4, -0.2) is 31.6 Å². The van der Waals surface area contributed by atoms with Crippen molar-refractivity contribution in [1.29, 1.82) is 0 Å². The Hall–Kier alpha value is -1.55. The van der Waals surface area contributed by atoms with E-state index in [2.05, 4.69) is 5.43 Å². The van der Waals surface area contributed by atoms with Crippen LogP contribution >= 0.6 is 0 Å². The van der Waals surface area contributed by atoms with Crippen LogP contribution in [0.5, 0.6) is 5.75 Å². The van der Waals surface area contributed by atoms with E-state index in [0.717, 1.165) is 11.3 Å². The Balaban J connectivity index is 2.41. The molecule has 0 aliphatic carbocycles. The third-order valence-electron chi connectivity index (χ3n) is 2.49. The number of carbonyl (C=O) groups is 1. The van der Waals surface area contributed by atoms with E-state index in [0.29, 0.717) is 13.0 Å². The molecule has 1 aromatic carbocycles. The first-order chi connectivity index (χ1) is 8.00. The first-order valence-corrected chi connectivity index (χ1v) is 5.66. The van der Waals surface area contributed by atoms with Crippen molar-refractivity contribution in [2.24, 2.45) is 0 Å². The fraction of sp³-hybridized carbons (Fsp3) is 0.462. The topological polar surface area (TPSA) is 41.6 Å². The van der Waals surface area contributed by atoms with Crippen molar-refractivity contribution < 1.29 is 9.53 Å². The minimum atomic E-state index is -0.0414. The predicted octanol–water partition coefficient (Wildman–Crippen LogP) is 1.67. The van der Waals surface area contributed by atoms with Crippen LogP contribution in [0.25, 0.3) is 0 Å². The molecule has 0 heterocycles. The van der Waals surface area contributed by atoms with Crippen LogP contribution in [0.3, 0.4) is 0 Å². The van der Waals surface area contributed by atoms with E-state index in [1.54, 1.807) is 19.1 Å². The molecule has 0 saturated carbocycles. The number of ether oxygens (including phenoxy) is 1. The zero-order valence-electron chi connectivity index (χ0n) is 10.9. The van der Waals surface area contributed by atoms with Crippen molar-refractivity contribution >= 4 is 5.91 Å². The molecule has 0 spiro atoms. The van der Waals surface area contributed by atoms with E-state index < -0.39 is 0 Å². The molecule has 0 aliphatic heterocycles. The van der Waals surface area contributed by atoms with Gasteiger partial charge in [-0.3, -0.25) is 10.2 Å². The highest BCUT2D eigenvalue weighted by molar-refractivity contribution is 5.75. The lowest BCUT2D eigenvalue weighted by molar-refractivity contribution is -0.125. The molecule has 0 bridgehead atoms. The first-order valence-electron chi connectivity index (χ1n) is 5.66. The normalized spacial score (nSPS) is 10.4. The summed E-state index contributed by atoms with van der Waals surface area (Å²) in [5, 5.41) is 1.63. The highest BCUT2D eigenvalue weighted by Gasteiger charge is 2.04. The smallest absolute Gasteiger partial charge is 0.237 e. The van der Waals surface area contributed by atoms with Gasteiger partial charge in [-0.25, -0.2) is 5.01 Å². The molecule has 0 fully saturated rings. The molecule has 0 radical (unpaired) electrons. The lowest BCUT2D eigenvalue weighted by Gasteiger charge is -2.13. The maximum Gasteiger partial charge on any atom is 0.237 e. The largest absolute Gasteiger partial charge is 0.493 e. The van der Waals surface area contributed by atoms with E-state index in [-0.39, 0.29) is 5.91 Å². The van der Waals surface area contributed by atoms with Crippen LogP contribution < -0.4 is 10.2 Å². The molecule has 1 rings (SSSR count). The van der Waals surface area contributed by atoms with Gasteiger partial charge in [0, 0.05) is 14.1 Å². The van der Waals surface area contributed by atoms with Crippen LogP contribution in [0.15, 0.2) is 18.2 Å². The summed E-state index contributed by atoms with van der Waals surface area (Å²) in [4.78, 5) is 11.4. The Bertz CT molecular complexity index is 389. The number of aryl methyl sites for hydroxylation is 1. The number of benzene rings is 1. The molecule has 0 aliphatic rings. The van der Waals surface area contributed by atoms with Crippen LogP contribution in [-0.2, 0) is 4.79 Å². The fourth-order valence-corrected chi connectivity index (χ4v) is 1.44. The van der Waals surface area contributed by atoms with Gasteiger partial charge in [0.25, 0.3) is 0 Å². The Morgan fingerprint density at radius 1 is 1.35 bits per heavy atom. The third-order valence-corrected chi connectivity index (χ3v) is 2.49. The summed E-state index contributed by atoms with van der Waals surface area (Å²) >= 11 is 0. The van der Waals surface area contributed by atoms with Gasteiger partial charge < -0.3 is 4.74 Å². The molecular weight excluding hydrogens is 216 g/mol. The van der Waals surface area contributed by atoms with E-state index in [1.807, 2.05) is 32.0 Å². The SMILES string of the molecule is Cc1cccc(OCCC(=O)NN(C)C)c1C. The lowest BCUT2D eigenvalue weighted by Crippen LogP contribution is -2.36. The van der Waals surface area contributed by atoms with Crippen molar-refractivity contribution in [2.75, 3.05) is 20.7 Å². The average Bonchev–Trinajstić information content (AvgIpc) is 2.23. The number of hydrazine groups is 1. The van der Waals surface area contributed by atoms with Crippen molar-refractivity contribution in [3.05, 3.63) is 29.3 Å². The number of hydrogen-bond donors (Lipinski definition) is 1. The predicted molar refractivity (Wildman–Crippen MR) is 67.9 cm³/mol.